The summed E-state index contributed by atoms with van der Waals surface area (Å²) in [4.78, 5) is 11.0. The highest BCUT2D eigenvalue weighted by atomic mass is 16.2. The van der Waals surface area contributed by atoms with Gasteiger partial charge in [-0.1, -0.05) is 12.2 Å². The molecule has 1 saturated heterocycles. The maximum Gasteiger partial charge on any atom is 0.226 e. The maximum absolute atomic E-state index is 11.0. The van der Waals surface area contributed by atoms with Crippen molar-refractivity contribution < 1.29 is 4.79 Å². The van der Waals surface area contributed by atoms with Crippen LogP contribution in [0.3, 0.4) is 0 Å². The van der Waals surface area contributed by atoms with Gasteiger partial charge in [0.1, 0.15) is 0 Å². The molecular weight excluding hydrogens is 126 g/mol. The zero-order valence-electron chi connectivity index (χ0n) is 5.58. The summed E-state index contributed by atoms with van der Waals surface area (Å²) < 4.78 is 0. The normalized spacial score (nSPS) is 54.2. The van der Waals surface area contributed by atoms with Crippen molar-refractivity contribution in [3.05, 3.63) is 12.2 Å². The van der Waals surface area contributed by atoms with E-state index in [-0.39, 0.29) is 5.91 Å². The second-order valence-corrected chi connectivity index (χ2v) is 3.51. The number of hydrogen-bond acceptors (Lipinski definition) is 1. The van der Waals surface area contributed by atoms with Crippen molar-refractivity contribution in [3.8, 4) is 0 Å². The van der Waals surface area contributed by atoms with Crippen LogP contribution in [0.15, 0.2) is 12.2 Å². The Morgan fingerprint density at radius 1 is 1.40 bits per heavy atom. The van der Waals surface area contributed by atoms with Gasteiger partial charge in [-0.2, -0.15) is 0 Å². The van der Waals surface area contributed by atoms with E-state index in [4.69, 9.17) is 0 Å². The van der Waals surface area contributed by atoms with Crippen LogP contribution < -0.4 is 5.32 Å². The molecule has 52 valence electrons. The van der Waals surface area contributed by atoms with Gasteiger partial charge in [0.25, 0.3) is 0 Å². The Kier molecular flexibility index (Phi) is 0.636. The SMILES string of the molecule is O=C1N[C@@H]2[C@H]1[C@H]1C=C[C@H]2C1. The number of hydrogen-bond donors (Lipinski definition) is 1. The zero-order valence-corrected chi connectivity index (χ0v) is 5.58. The van der Waals surface area contributed by atoms with Crippen LogP contribution in [0.2, 0.25) is 0 Å². The average molecular weight is 135 g/mol. The standard InChI is InChI=1S/C8H9NO/c10-8-6-4-1-2-5(3-4)7(6)9-8/h1-2,4-7H,3H2,(H,9,10)/t4-,5-,6+,7-/m0/s1. The molecule has 0 unspecified atom stereocenters. The summed E-state index contributed by atoms with van der Waals surface area (Å²) in [6.45, 7) is 0. The molecule has 0 spiro atoms. The summed E-state index contributed by atoms with van der Waals surface area (Å²) in [6.07, 6.45) is 5.68. The fourth-order valence-corrected chi connectivity index (χ4v) is 2.54. The molecule has 1 saturated carbocycles. The van der Waals surface area contributed by atoms with Crippen molar-refractivity contribution in [1.29, 1.82) is 0 Å². The minimum absolute atomic E-state index is 0.279. The third kappa shape index (κ3) is 0.349. The highest BCUT2D eigenvalue weighted by molar-refractivity contribution is 5.87. The lowest BCUT2D eigenvalue weighted by atomic mass is 9.82. The van der Waals surface area contributed by atoms with Crippen molar-refractivity contribution >= 4 is 5.91 Å². The number of fused-ring (bicyclic) bond motifs is 5. The molecular formula is C8H9NO. The molecule has 2 nitrogen and oxygen atoms in total. The van der Waals surface area contributed by atoms with Crippen LogP contribution in [0.1, 0.15) is 6.42 Å². The number of carbonyl (C=O) groups is 1. The van der Waals surface area contributed by atoms with Crippen LogP contribution in [-0.2, 0) is 4.79 Å². The predicted molar refractivity (Wildman–Crippen MR) is 36.2 cm³/mol. The predicted octanol–water partition coefficient (Wildman–Crippen LogP) is 0.307. The maximum atomic E-state index is 11.0. The third-order valence-corrected chi connectivity index (χ3v) is 3.07. The molecule has 1 heterocycles. The first kappa shape index (κ1) is 4.94. The molecule has 1 amide bonds. The van der Waals surface area contributed by atoms with Crippen LogP contribution in [0.25, 0.3) is 0 Å². The van der Waals surface area contributed by atoms with E-state index in [0.29, 0.717) is 23.8 Å². The molecule has 1 N–H and O–H groups in total. The van der Waals surface area contributed by atoms with Gasteiger partial charge in [-0.3, -0.25) is 4.79 Å². The van der Waals surface area contributed by atoms with Crippen LogP contribution in [0.4, 0.5) is 0 Å². The molecule has 2 aliphatic carbocycles. The molecule has 2 fully saturated rings. The van der Waals surface area contributed by atoms with Crippen LogP contribution in [0, 0.1) is 17.8 Å². The van der Waals surface area contributed by atoms with Crippen LogP contribution in [0.5, 0.6) is 0 Å². The highest BCUT2D eigenvalue weighted by Gasteiger charge is 2.54. The fourth-order valence-electron chi connectivity index (χ4n) is 2.54. The Labute approximate surface area is 59.3 Å². The Bertz CT molecular complexity index is 233. The smallest absolute Gasteiger partial charge is 0.226 e. The molecule has 3 aliphatic rings. The monoisotopic (exact) mass is 135 g/mol. The molecule has 2 bridgehead atoms. The number of allylic oxidation sites excluding steroid dienone is 1. The van der Waals surface area contributed by atoms with E-state index in [9.17, 15) is 4.79 Å². The van der Waals surface area contributed by atoms with E-state index >= 15 is 0 Å². The Morgan fingerprint density at radius 2 is 2.20 bits per heavy atom. The number of amides is 1. The van der Waals surface area contributed by atoms with Gasteiger partial charge in [-0.25, -0.2) is 0 Å². The Hall–Kier alpha value is -0.790. The van der Waals surface area contributed by atoms with E-state index in [2.05, 4.69) is 17.5 Å². The van der Waals surface area contributed by atoms with Gasteiger partial charge in [0.05, 0.1) is 5.92 Å². The summed E-state index contributed by atoms with van der Waals surface area (Å²) in [5.41, 5.74) is 0. The molecule has 10 heavy (non-hydrogen) atoms. The second kappa shape index (κ2) is 1.29. The lowest BCUT2D eigenvalue weighted by molar-refractivity contribution is -0.135. The molecule has 0 aromatic heterocycles. The van der Waals surface area contributed by atoms with Gasteiger partial charge in [0.2, 0.25) is 5.91 Å². The highest BCUT2D eigenvalue weighted by Crippen LogP contribution is 2.47. The first-order valence-corrected chi connectivity index (χ1v) is 3.85. The molecule has 4 atom stereocenters. The third-order valence-electron chi connectivity index (χ3n) is 3.07. The van der Waals surface area contributed by atoms with Crippen molar-refractivity contribution in [2.75, 3.05) is 0 Å². The minimum atomic E-state index is 0.279. The fraction of sp³-hybridized carbons (Fsp3) is 0.625. The van der Waals surface area contributed by atoms with Gasteiger partial charge in [0, 0.05) is 6.04 Å². The lowest BCUT2D eigenvalue weighted by Crippen LogP contribution is -2.59. The summed E-state index contributed by atoms with van der Waals surface area (Å²) >= 11 is 0. The van der Waals surface area contributed by atoms with Crippen molar-refractivity contribution in [2.45, 2.75) is 12.5 Å². The summed E-state index contributed by atoms with van der Waals surface area (Å²) in [6, 6.07) is 0.516. The van der Waals surface area contributed by atoms with Crippen molar-refractivity contribution in [3.63, 3.8) is 0 Å². The largest absolute Gasteiger partial charge is 0.352 e. The number of β-lactam (4-membered cyclic amide) rings is 1. The molecule has 3 rings (SSSR count). The van der Waals surface area contributed by atoms with E-state index in [1.165, 1.54) is 6.42 Å². The second-order valence-electron chi connectivity index (χ2n) is 3.51. The summed E-state index contributed by atoms with van der Waals surface area (Å²) in [7, 11) is 0. The van der Waals surface area contributed by atoms with E-state index in [0.717, 1.165) is 0 Å². The molecule has 1 aliphatic heterocycles. The van der Waals surface area contributed by atoms with E-state index in [1.54, 1.807) is 0 Å². The molecule has 0 radical (unpaired) electrons. The van der Waals surface area contributed by atoms with E-state index < -0.39 is 0 Å². The van der Waals surface area contributed by atoms with Crippen LogP contribution >= 0.6 is 0 Å². The summed E-state index contributed by atoms with van der Waals surface area (Å²) in [5.74, 6) is 1.90. The number of nitrogens with one attached hydrogen (secondary N) is 1. The van der Waals surface area contributed by atoms with Crippen molar-refractivity contribution in [1.82, 2.24) is 5.32 Å². The van der Waals surface area contributed by atoms with Gasteiger partial charge < -0.3 is 5.32 Å². The van der Waals surface area contributed by atoms with Crippen molar-refractivity contribution in [2.24, 2.45) is 17.8 Å². The van der Waals surface area contributed by atoms with E-state index in [1.807, 2.05) is 0 Å². The number of carbonyl (C=O) groups excluding carboxylic acids is 1. The summed E-state index contributed by atoms with van der Waals surface area (Å²) in [5, 5.41) is 2.95. The first-order valence-electron chi connectivity index (χ1n) is 3.85. The quantitative estimate of drug-likeness (QED) is 0.376. The molecule has 0 aromatic rings. The first-order chi connectivity index (χ1) is 4.86. The van der Waals surface area contributed by atoms with Gasteiger partial charge in [-0.15, -0.1) is 0 Å². The molecule has 2 heteroatoms. The Balaban J connectivity index is 2.03. The average Bonchev–Trinajstić information content (AvgIpc) is 2.40. The number of rotatable bonds is 0. The van der Waals surface area contributed by atoms with Gasteiger partial charge in [-0.05, 0) is 18.3 Å². The zero-order chi connectivity index (χ0) is 6.72. The van der Waals surface area contributed by atoms with Gasteiger partial charge in [0.15, 0.2) is 0 Å². The topological polar surface area (TPSA) is 29.1 Å². The van der Waals surface area contributed by atoms with Gasteiger partial charge >= 0.3 is 0 Å². The molecule has 0 aromatic carbocycles. The Morgan fingerprint density at radius 3 is 2.80 bits per heavy atom. The minimum Gasteiger partial charge on any atom is -0.352 e. The lowest BCUT2D eigenvalue weighted by Gasteiger charge is -2.37. The van der Waals surface area contributed by atoms with Crippen LogP contribution in [-0.4, -0.2) is 11.9 Å².